The van der Waals surface area contributed by atoms with Gasteiger partial charge < -0.3 is 5.73 Å². The van der Waals surface area contributed by atoms with E-state index in [1.807, 2.05) is 30.3 Å². The van der Waals surface area contributed by atoms with Crippen LogP contribution in [0.25, 0.3) is 22.4 Å². The first-order valence-electron chi connectivity index (χ1n) is 9.63. The first kappa shape index (κ1) is 22.6. The van der Waals surface area contributed by atoms with E-state index in [4.69, 9.17) is 28.9 Å². The second kappa shape index (κ2) is 9.12. The van der Waals surface area contributed by atoms with Crippen LogP contribution in [0.1, 0.15) is 5.56 Å². The van der Waals surface area contributed by atoms with Crippen LogP contribution in [0, 0.1) is 11.3 Å². The number of nitrogens with two attached hydrogens (primary N) is 1. The Balaban J connectivity index is 1.67. The van der Waals surface area contributed by atoms with E-state index in [9.17, 15) is 13.7 Å². The second-order valence-electron chi connectivity index (χ2n) is 7.05. The van der Waals surface area contributed by atoms with E-state index >= 15 is 0 Å². The number of hydrogen-bond acceptors (Lipinski definition) is 5. The number of aromatic nitrogens is 1. The molecule has 0 unspecified atom stereocenters. The minimum atomic E-state index is -3.94. The van der Waals surface area contributed by atoms with E-state index < -0.39 is 10.0 Å². The highest BCUT2D eigenvalue weighted by atomic mass is 35.5. The molecule has 9 heteroatoms. The Morgan fingerprint density at radius 3 is 2.27 bits per heavy atom. The summed E-state index contributed by atoms with van der Waals surface area (Å²) < 4.78 is 28.0. The molecule has 0 amide bonds. The maximum atomic E-state index is 12.7. The standard InChI is InChI=1S/C24H16Cl2N4O2S/c25-17-8-11-21(26)23(12-17)33(31,32)30-18-9-6-16(7-10-18)22-13-19(15-4-2-1-3-5-15)20(14-27)24(28)29-22/h1-13,30H,(H2,28,29). The van der Waals surface area contributed by atoms with Crippen LogP contribution in [-0.4, -0.2) is 13.4 Å². The monoisotopic (exact) mass is 494 g/mol. The van der Waals surface area contributed by atoms with E-state index in [1.165, 1.54) is 18.2 Å². The van der Waals surface area contributed by atoms with Crippen LogP contribution in [0.5, 0.6) is 0 Å². The minimum absolute atomic E-state index is 0.0641. The van der Waals surface area contributed by atoms with Crippen LogP contribution in [0.4, 0.5) is 11.5 Å². The Bertz CT molecular complexity index is 1480. The van der Waals surface area contributed by atoms with Crippen LogP contribution in [0.2, 0.25) is 10.0 Å². The molecule has 3 N–H and O–H groups in total. The molecule has 0 aliphatic carbocycles. The molecule has 0 aliphatic heterocycles. The highest BCUT2D eigenvalue weighted by Crippen LogP contribution is 2.32. The predicted molar refractivity (Wildman–Crippen MR) is 132 cm³/mol. The van der Waals surface area contributed by atoms with E-state index in [0.29, 0.717) is 28.1 Å². The number of nitrogen functional groups attached to an aromatic ring is 1. The maximum absolute atomic E-state index is 12.7. The molecule has 0 bridgehead atoms. The first-order chi connectivity index (χ1) is 15.8. The maximum Gasteiger partial charge on any atom is 0.263 e. The number of halogens is 2. The third-order valence-corrected chi connectivity index (χ3v) is 6.96. The number of anilines is 2. The Hall–Kier alpha value is -3.57. The molecular formula is C24H16Cl2N4O2S. The van der Waals surface area contributed by atoms with Gasteiger partial charge in [-0.05, 0) is 42.0 Å². The van der Waals surface area contributed by atoms with Crippen molar-refractivity contribution in [2.24, 2.45) is 0 Å². The molecule has 33 heavy (non-hydrogen) atoms. The summed E-state index contributed by atoms with van der Waals surface area (Å²) in [5, 5.41) is 9.87. The molecule has 0 fully saturated rings. The number of nitrogens with zero attached hydrogens (tertiary/aromatic N) is 2. The topological polar surface area (TPSA) is 109 Å². The number of benzene rings is 3. The van der Waals surface area contributed by atoms with Gasteiger partial charge in [-0.25, -0.2) is 13.4 Å². The number of nitrogens with one attached hydrogen (secondary N) is 1. The number of pyridine rings is 1. The van der Waals surface area contributed by atoms with Crippen LogP contribution in [0.3, 0.4) is 0 Å². The quantitative estimate of drug-likeness (QED) is 0.354. The molecule has 0 saturated carbocycles. The predicted octanol–water partition coefficient (Wildman–Crippen LogP) is 5.98. The molecular weight excluding hydrogens is 479 g/mol. The summed E-state index contributed by atoms with van der Waals surface area (Å²) in [7, 11) is -3.94. The zero-order chi connectivity index (χ0) is 23.6. The molecule has 0 saturated heterocycles. The number of hydrogen-bond donors (Lipinski definition) is 2. The van der Waals surface area contributed by atoms with Gasteiger partial charge in [-0.3, -0.25) is 4.72 Å². The third-order valence-electron chi connectivity index (χ3n) is 4.86. The van der Waals surface area contributed by atoms with Gasteiger partial charge in [-0.2, -0.15) is 5.26 Å². The average molecular weight is 495 g/mol. The SMILES string of the molecule is N#Cc1c(-c2ccccc2)cc(-c2ccc(NS(=O)(=O)c3cc(Cl)ccc3Cl)cc2)nc1N. The molecule has 164 valence electrons. The zero-order valence-electron chi connectivity index (χ0n) is 17.0. The Labute approximate surface area is 201 Å². The van der Waals surface area contributed by atoms with Crippen LogP contribution < -0.4 is 10.5 Å². The zero-order valence-corrected chi connectivity index (χ0v) is 19.3. The number of rotatable bonds is 5. The molecule has 1 heterocycles. The molecule has 1 aromatic heterocycles. The molecule has 0 radical (unpaired) electrons. The lowest BCUT2D eigenvalue weighted by molar-refractivity contribution is 0.601. The molecule has 3 aromatic carbocycles. The van der Waals surface area contributed by atoms with Gasteiger partial charge >= 0.3 is 0 Å². The first-order valence-corrected chi connectivity index (χ1v) is 11.9. The summed E-state index contributed by atoms with van der Waals surface area (Å²) in [4.78, 5) is 4.24. The van der Waals surface area contributed by atoms with Crippen LogP contribution >= 0.6 is 23.2 Å². The lowest BCUT2D eigenvalue weighted by Gasteiger charge is -2.12. The molecule has 0 aliphatic rings. The fourth-order valence-electron chi connectivity index (χ4n) is 3.28. The fourth-order valence-corrected chi connectivity index (χ4v) is 5.10. The van der Waals surface area contributed by atoms with Gasteiger partial charge in [-0.15, -0.1) is 0 Å². The Morgan fingerprint density at radius 2 is 1.61 bits per heavy atom. The lowest BCUT2D eigenvalue weighted by atomic mass is 9.98. The van der Waals surface area contributed by atoms with Gasteiger partial charge in [-0.1, -0.05) is 65.7 Å². The van der Waals surface area contributed by atoms with E-state index in [2.05, 4.69) is 15.8 Å². The van der Waals surface area contributed by atoms with Gasteiger partial charge in [0.25, 0.3) is 10.0 Å². The van der Waals surface area contributed by atoms with E-state index in [1.54, 1.807) is 30.3 Å². The highest BCUT2D eigenvalue weighted by Gasteiger charge is 2.19. The largest absolute Gasteiger partial charge is 0.383 e. The normalized spacial score (nSPS) is 11.1. The third kappa shape index (κ3) is 4.78. The van der Waals surface area contributed by atoms with Crippen molar-refractivity contribution in [2.45, 2.75) is 4.90 Å². The summed E-state index contributed by atoms with van der Waals surface area (Å²) in [6, 6.07) is 24.2. The van der Waals surface area contributed by atoms with Gasteiger partial charge in [0.2, 0.25) is 0 Å². The smallest absolute Gasteiger partial charge is 0.263 e. The fraction of sp³-hybridized carbons (Fsp3) is 0. The minimum Gasteiger partial charge on any atom is -0.383 e. The molecule has 0 spiro atoms. The van der Waals surface area contributed by atoms with Crippen LogP contribution in [-0.2, 0) is 10.0 Å². The second-order valence-corrected chi connectivity index (χ2v) is 9.55. The average Bonchev–Trinajstić information content (AvgIpc) is 2.81. The van der Waals surface area contributed by atoms with E-state index in [-0.39, 0.29) is 20.8 Å². The van der Waals surface area contributed by atoms with Gasteiger partial charge in [0.1, 0.15) is 22.3 Å². The van der Waals surface area contributed by atoms with Crippen molar-refractivity contribution in [1.29, 1.82) is 5.26 Å². The van der Waals surface area contributed by atoms with Gasteiger partial charge in [0.15, 0.2) is 0 Å². The van der Waals surface area contributed by atoms with Crippen molar-refractivity contribution in [3.05, 3.63) is 94.5 Å². The molecule has 6 nitrogen and oxygen atoms in total. The van der Waals surface area contributed by atoms with Crippen LogP contribution in [0.15, 0.2) is 83.8 Å². The highest BCUT2D eigenvalue weighted by molar-refractivity contribution is 7.92. The van der Waals surface area contributed by atoms with Crippen molar-refractivity contribution >= 4 is 44.7 Å². The Morgan fingerprint density at radius 1 is 0.909 bits per heavy atom. The summed E-state index contributed by atoms with van der Waals surface area (Å²) in [6.45, 7) is 0. The number of sulfonamides is 1. The van der Waals surface area contributed by atoms with Crippen molar-refractivity contribution < 1.29 is 8.42 Å². The summed E-state index contributed by atoms with van der Waals surface area (Å²) in [5.74, 6) is 0.120. The van der Waals surface area contributed by atoms with Gasteiger partial charge in [0.05, 0.1) is 10.7 Å². The van der Waals surface area contributed by atoms with Gasteiger partial charge in [0, 0.05) is 21.8 Å². The van der Waals surface area contributed by atoms with Crippen molar-refractivity contribution in [3.8, 4) is 28.5 Å². The van der Waals surface area contributed by atoms with E-state index in [0.717, 1.165) is 5.56 Å². The van der Waals surface area contributed by atoms with Crippen molar-refractivity contribution in [2.75, 3.05) is 10.5 Å². The Kier molecular flexibility index (Phi) is 6.25. The summed E-state index contributed by atoms with van der Waals surface area (Å²) in [6.07, 6.45) is 0. The summed E-state index contributed by atoms with van der Waals surface area (Å²) >= 11 is 12.0. The summed E-state index contributed by atoms with van der Waals surface area (Å²) in [5.41, 5.74) is 9.46. The number of nitriles is 1. The molecule has 0 atom stereocenters. The van der Waals surface area contributed by atoms with Crippen molar-refractivity contribution in [3.63, 3.8) is 0 Å². The lowest BCUT2D eigenvalue weighted by Crippen LogP contribution is -2.13. The molecule has 4 rings (SSSR count). The molecule has 4 aromatic rings. The van der Waals surface area contributed by atoms with Crippen molar-refractivity contribution in [1.82, 2.24) is 4.98 Å².